The highest BCUT2D eigenvalue weighted by atomic mass is 19.1. The maximum atomic E-state index is 14.1. The van der Waals surface area contributed by atoms with E-state index in [4.69, 9.17) is 0 Å². The third kappa shape index (κ3) is 1.43. The van der Waals surface area contributed by atoms with E-state index in [2.05, 4.69) is 0 Å². The normalized spacial score (nSPS) is 22.8. The summed E-state index contributed by atoms with van der Waals surface area (Å²) in [6.07, 6.45) is 0.705. The van der Waals surface area contributed by atoms with Gasteiger partial charge in [-0.15, -0.1) is 0 Å². The second-order valence-electron chi connectivity index (χ2n) is 5.17. The van der Waals surface area contributed by atoms with Crippen LogP contribution in [0.4, 0.5) is 10.1 Å². The zero-order valence-electron chi connectivity index (χ0n) is 11.5. The fourth-order valence-electron chi connectivity index (χ4n) is 3.22. The van der Waals surface area contributed by atoms with Crippen molar-refractivity contribution in [2.24, 2.45) is 5.92 Å². The third-order valence-electron chi connectivity index (χ3n) is 4.22. The van der Waals surface area contributed by atoms with Crippen LogP contribution in [0.5, 0.6) is 0 Å². The molecule has 1 amide bonds. The summed E-state index contributed by atoms with van der Waals surface area (Å²) in [6.45, 7) is 8.48. The molecule has 2 rings (SSSR count). The first-order valence-electron chi connectivity index (χ1n) is 6.61. The van der Waals surface area contributed by atoms with Gasteiger partial charge in [0.2, 0.25) is 5.91 Å². The molecule has 1 atom stereocenters. The van der Waals surface area contributed by atoms with Crippen LogP contribution in [0.2, 0.25) is 0 Å². The van der Waals surface area contributed by atoms with Crippen LogP contribution in [-0.4, -0.2) is 12.5 Å². The van der Waals surface area contributed by atoms with Crippen LogP contribution in [0, 0.1) is 11.7 Å². The van der Waals surface area contributed by atoms with Gasteiger partial charge in [-0.05, 0) is 30.9 Å². The number of carbonyl (C=O) groups is 1. The summed E-state index contributed by atoms with van der Waals surface area (Å²) in [5.74, 6) is -0.0895. The van der Waals surface area contributed by atoms with Crippen molar-refractivity contribution in [3.05, 3.63) is 29.6 Å². The quantitative estimate of drug-likeness (QED) is 0.803. The Kier molecular flexibility index (Phi) is 3.18. The van der Waals surface area contributed by atoms with Gasteiger partial charge in [-0.2, -0.15) is 0 Å². The van der Waals surface area contributed by atoms with E-state index in [0.29, 0.717) is 18.7 Å². The smallest absolute Gasteiger partial charge is 0.238 e. The van der Waals surface area contributed by atoms with Gasteiger partial charge in [0, 0.05) is 6.54 Å². The highest BCUT2D eigenvalue weighted by molar-refractivity contribution is 6.08. The predicted octanol–water partition coefficient (Wildman–Crippen LogP) is 3.50. The van der Waals surface area contributed by atoms with Gasteiger partial charge < -0.3 is 4.90 Å². The highest BCUT2D eigenvalue weighted by Gasteiger charge is 2.51. The molecule has 0 saturated heterocycles. The molecule has 1 heterocycles. The van der Waals surface area contributed by atoms with Crippen molar-refractivity contribution in [3.63, 3.8) is 0 Å². The van der Waals surface area contributed by atoms with Gasteiger partial charge in [0.15, 0.2) is 0 Å². The van der Waals surface area contributed by atoms with Crippen LogP contribution in [0.15, 0.2) is 18.2 Å². The zero-order valence-corrected chi connectivity index (χ0v) is 11.5. The first-order chi connectivity index (χ1) is 8.50. The Hall–Kier alpha value is -1.38. The van der Waals surface area contributed by atoms with Crippen LogP contribution in [-0.2, 0) is 10.2 Å². The van der Waals surface area contributed by atoms with Gasteiger partial charge in [-0.25, -0.2) is 4.39 Å². The van der Waals surface area contributed by atoms with E-state index >= 15 is 0 Å². The van der Waals surface area contributed by atoms with E-state index in [1.54, 1.807) is 11.0 Å². The molecule has 1 aromatic carbocycles. The molecule has 0 N–H and O–H groups in total. The first kappa shape index (κ1) is 13.1. The van der Waals surface area contributed by atoms with E-state index in [0.717, 1.165) is 5.56 Å². The Balaban J connectivity index is 2.74. The van der Waals surface area contributed by atoms with E-state index < -0.39 is 5.41 Å². The van der Waals surface area contributed by atoms with E-state index in [1.165, 1.54) is 6.07 Å². The van der Waals surface area contributed by atoms with E-state index in [-0.39, 0.29) is 17.6 Å². The minimum Gasteiger partial charge on any atom is -0.309 e. The minimum atomic E-state index is -0.562. The van der Waals surface area contributed by atoms with Crippen LogP contribution >= 0.6 is 0 Å². The largest absolute Gasteiger partial charge is 0.309 e. The van der Waals surface area contributed by atoms with Gasteiger partial charge >= 0.3 is 0 Å². The van der Waals surface area contributed by atoms with Crippen molar-refractivity contribution in [1.82, 2.24) is 0 Å². The summed E-state index contributed by atoms with van der Waals surface area (Å²) in [5, 5.41) is 0. The molecule has 18 heavy (non-hydrogen) atoms. The molecule has 0 aromatic heterocycles. The maximum Gasteiger partial charge on any atom is 0.238 e. The van der Waals surface area contributed by atoms with Crippen molar-refractivity contribution in [2.75, 3.05) is 11.4 Å². The monoisotopic (exact) mass is 249 g/mol. The molecular weight excluding hydrogens is 229 g/mol. The van der Waals surface area contributed by atoms with Crippen molar-refractivity contribution < 1.29 is 9.18 Å². The number of benzene rings is 1. The van der Waals surface area contributed by atoms with Crippen LogP contribution in [0.1, 0.15) is 39.7 Å². The summed E-state index contributed by atoms with van der Waals surface area (Å²) in [5.41, 5.74) is 0.778. The number of para-hydroxylation sites is 1. The molecule has 2 nitrogen and oxygen atoms in total. The Labute approximate surface area is 108 Å². The third-order valence-corrected chi connectivity index (χ3v) is 4.22. The lowest BCUT2D eigenvalue weighted by atomic mass is 9.70. The summed E-state index contributed by atoms with van der Waals surface area (Å²) in [7, 11) is 0. The Morgan fingerprint density at radius 1 is 1.33 bits per heavy atom. The average Bonchev–Trinajstić information content (AvgIpc) is 2.59. The number of hydrogen-bond donors (Lipinski definition) is 0. The standard InChI is InChI=1S/C15H20FNO/c1-5-15(10(3)4)11-8-7-9-12(16)13(11)17(6-2)14(15)18/h7-10H,5-6H2,1-4H3. The summed E-state index contributed by atoms with van der Waals surface area (Å²) < 4.78 is 14.1. The number of nitrogens with zero attached hydrogens (tertiary/aromatic N) is 1. The number of hydrogen-bond acceptors (Lipinski definition) is 1. The molecule has 0 spiro atoms. The minimum absolute atomic E-state index is 0.0441. The van der Waals surface area contributed by atoms with Gasteiger partial charge in [0.25, 0.3) is 0 Å². The number of anilines is 1. The van der Waals surface area contributed by atoms with E-state index in [1.807, 2.05) is 33.8 Å². The molecule has 98 valence electrons. The van der Waals surface area contributed by atoms with Crippen molar-refractivity contribution in [3.8, 4) is 0 Å². The molecular formula is C15H20FNO. The van der Waals surface area contributed by atoms with Crippen molar-refractivity contribution in [1.29, 1.82) is 0 Å². The van der Waals surface area contributed by atoms with Gasteiger partial charge in [0.1, 0.15) is 5.82 Å². The molecule has 1 aliphatic heterocycles. The molecule has 0 bridgehead atoms. The highest BCUT2D eigenvalue weighted by Crippen LogP contribution is 2.49. The van der Waals surface area contributed by atoms with Crippen molar-refractivity contribution in [2.45, 2.75) is 39.5 Å². The van der Waals surface area contributed by atoms with Crippen LogP contribution in [0.3, 0.4) is 0 Å². The fraction of sp³-hybridized carbons (Fsp3) is 0.533. The second kappa shape index (κ2) is 4.38. The fourth-order valence-corrected chi connectivity index (χ4v) is 3.22. The van der Waals surface area contributed by atoms with Gasteiger partial charge in [-0.3, -0.25) is 4.79 Å². The molecule has 1 aromatic rings. The Bertz CT molecular complexity index is 483. The lowest BCUT2D eigenvalue weighted by Crippen LogP contribution is -2.43. The van der Waals surface area contributed by atoms with Crippen LogP contribution in [0.25, 0.3) is 0 Å². The second-order valence-corrected chi connectivity index (χ2v) is 5.17. The van der Waals surface area contributed by atoms with Gasteiger partial charge in [-0.1, -0.05) is 32.9 Å². The van der Waals surface area contributed by atoms with E-state index in [9.17, 15) is 9.18 Å². The van der Waals surface area contributed by atoms with Crippen LogP contribution < -0.4 is 4.90 Å². The number of likely N-dealkylation sites (N-methyl/N-ethyl adjacent to an activating group) is 1. The number of halogens is 1. The molecule has 0 saturated carbocycles. The lowest BCUT2D eigenvalue weighted by Gasteiger charge is -2.31. The molecule has 0 radical (unpaired) electrons. The topological polar surface area (TPSA) is 20.3 Å². The summed E-state index contributed by atoms with van der Waals surface area (Å²) >= 11 is 0. The molecule has 0 fully saturated rings. The summed E-state index contributed by atoms with van der Waals surface area (Å²) in [4.78, 5) is 14.3. The number of rotatable bonds is 3. The maximum absolute atomic E-state index is 14.1. The molecule has 1 aliphatic rings. The lowest BCUT2D eigenvalue weighted by molar-refractivity contribution is -0.124. The first-order valence-corrected chi connectivity index (χ1v) is 6.61. The molecule has 1 unspecified atom stereocenters. The zero-order chi connectivity index (χ0) is 13.5. The Morgan fingerprint density at radius 3 is 2.50 bits per heavy atom. The SMILES string of the molecule is CCN1C(=O)C(CC)(C(C)C)c2cccc(F)c21. The number of amides is 1. The van der Waals surface area contributed by atoms with Crippen molar-refractivity contribution >= 4 is 11.6 Å². The molecule has 0 aliphatic carbocycles. The number of fused-ring (bicyclic) bond motifs is 1. The molecule has 3 heteroatoms. The predicted molar refractivity (Wildman–Crippen MR) is 71.2 cm³/mol. The summed E-state index contributed by atoms with van der Waals surface area (Å²) in [6, 6.07) is 5.03. The number of carbonyl (C=O) groups excluding carboxylic acids is 1. The van der Waals surface area contributed by atoms with Gasteiger partial charge in [0.05, 0.1) is 11.1 Å². The average molecular weight is 249 g/mol. The Morgan fingerprint density at radius 2 is 2.00 bits per heavy atom.